The van der Waals surface area contributed by atoms with Crippen LogP contribution in [0.2, 0.25) is 0 Å². The monoisotopic (exact) mass is 232 g/mol. The van der Waals surface area contributed by atoms with Crippen molar-refractivity contribution in [3.8, 4) is 0 Å². The van der Waals surface area contributed by atoms with Crippen molar-refractivity contribution in [1.82, 2.24) is 0 Å². The Balaban J connectivity index is 2.10. The molecule has 0 bridgehead atoms. The zero-order valence-electron chi connectivity index (χ0n) is 10.5. The molecule has 0 aromatic heterocycles. The van der Waals surface area contributed by atoms with Crippen LogP contribution in [0.15, 0.2) is 18.2 Å². The molecule has 1 aromatic rings. The van der Waals surface area contributed by atoms with Crippen LogP contribution in [0.4, 0.5) is 11.4 Å². The van der Waals surface area contributed by atoms with Gasteiger partial charge in [-0.3, -0.25) is 4.79 Å². The van der Waals surface area contributed by atoms with Crippen molar-refractivity contribution < 1.29 is 4.79 Å². The summed E-state index contributed by atoms with van der Waals surface area (Å²) in [6.07, 6.45) is 3.26. The fourth-order valence-electron chi connectivity index (χ4n) is 2.01. The number of amides is 1. The summed E-state index contributed by atoms with van der Waals surface area (Å²) in [5, 5.41) is 6.31. The fourth-order valence-corrected chi connectivity index (χ4v) is 2.01. The lowest BCUT2D eigenvalue weighted by Crippen LogP contribution is -2.28. The van der Waals surface area contributed by atoms with Gasteiger partial charge in [0.2, 0.25) is 5.91 Å². The van der Waals surface area contributed by atoms with Gasteiger partial charge in [0.05, 0.1) is 11.4 Å². The number of hydrogen-bond acceptors (Lipinski definition) is 2. The number of carbonyl (C=O) groups is 1. The lowest BCUT2D eigenvalue weighted by molar-refractivity contribution is -0.122. The van der Waals surface area contributed by atoms with E-state index in [4.69, 9.17) is 0 Å². The summed E-state index contributed by atoms with van der Waals surface area (Å²) in [4.78, 5) is 11.9. The highest BCUT2D eigenvalue weighted by atomic mass is 16.1. The molecule has 0 radical (unpaired) electrons. The number of anilines is 2. The first kappa shape index (κ1) is 12.0. The van der Waals surface area contributed by atoms with E-state index in [0.29, 0.717) is 0 Å². The third-order valence-corrected chi connectivity index (χ3v) is 3.28. The van der Waals surface area contributed by atoms with Crippen LogP contribution in [0.1, 0.15) is 31.7 Å². The van der Waals surface area contributed by atoms with Gasteiger partial charge in [-0.05, 0) is 44.4 Å². The SMILES string of the molecule is CCNc1cc(C)ccc1NC(=O)C1CCC1. The minimum Gasteiger partial charge on any atom is -0.384 e. The van der Waals surface area contributed by atoms with Crippen molar-refractivity contribution in [3.05, 3.63) is 23.8 Å². The lowest BCUT2D eigenvalue weighted by atomic mass is 9.85. The molecule has 0 spiro atoms. The Morgan fingerprint density at radius 1 is 1.35 bits per heavy atom. The van der Waals surface area contributed by atoms with Gasteiger partial charge in [-0.15, -0.1) is 0 Å². The number of aryl methyl sites for hydroxylation is 1. The molecule has 17 heavy (non-hydrogen) atoms. The molecular formula is C14H20N2O. The Morgan fingerprint density at radius 2 is 2.12 bits per heavy atom. The second kappa shape index (κ2) is 5.21. The fraction of sp³-hybridized carbons (Fsp3) is 0.500. The van der Waals surface area contributed by atoms with E-state index in [2.05, 4.69) is 30.5 Å². The van der Waals surface area contributed by atoms with Crippen LogP contribution in [0.3, 0.4) is 0 Å². The van der Waals surface area contributed by atoms with Gasteiger partial charge in [0.1, 0.15) is 0 Å². The van der Waals surface area contributed by atoms with E-state index in [1.54, 1.807) is 0 Å². The Hall–Kier alpha value is -1.51. The van der Waals surface area contributed by atoms with Gasteiger partial charge in [-0.2, -0.15) is 0 Å². The predicted molar refractivity (Wildman–Crippen MR) is 71.3 cm³/mol. The molecule has 1 aromatic carbocycles. The first-order valence-electron chi connectivity index (χ1n) is 6.36. The summed E-state index contributed by atoms with van der Waals surface area (Å²) in [6.45, 7) is 4.97. The van der Waals surface area contributed by atoms with Gasteiger partial charge >= 0.3 is 0 Å². The van der Waals surface area contributed by atoms with Crippen LogP contribution in [0.5, 0.6) is 0 Å². The molecule has 0 heterocycles. The maximum absolute atomic E-state index is 11.9. The molecule has 0 aliphatic heterocycles. The lowest BCUT2D eigenvalue weighted by Gasteiger charge is -2.24. The average molecular weight is 232 g/mol. The average Bonchev–Trinajstić information content (AvgIpc) is 2.20. The van der Waals surface area contributed by atoms with Crippen LogP contribution in [-0.4, -0.2) is 12.5 Å². The third kappa shape index (κ3) is 2.78. The molecule has 0 saturated heterocycles. The molecule has 0 atom stereocenters. The van der Waals surface area contributed by atoms with E-state index in [0.717, 1.165) is 30.8 Å². The number of nitrogens with one attached hydrogen (secondary N) is 2. The van der Waals surface area contributed by atoms with Crippen molar-refractivity contribution in [2.75, 3.05) is 17.2 Å². The Labute approximate surface area is 103 Å². The van der Waals surface area contributed by atoms with E-state index in [-0.39, 0.29) is 11.8 Å². The zero-order chi connectivity index (χ0) is 12.3. The van der Waals surface area contributed by atoms with Gasteiger partial charge in [-0.25, -0.2) is 0 Å². The second-order valence-electron chi connectivity index (χ2n) is 4.70. The molecule has 0 unspecified atom stereocenters. The molecule has 2 rings (SSSR count). The molecule has 3 nitrogen and oxygen atoms in total. The number of carbonyl (C=O) groups excluding carboxylic acids is 1. The van der Waals surface area contributed by atoms with Crippen molar-refractivity contribution in [1.29, 1.82) is 0 Å². The van der Waals surface area contributed by atoms with E-state index in [1.165, 1.54) is 12.0 Å². The maximum Gasteiger partial charge on any atom is 0.227 e. The molecule has 1 amide bonds. The molecule has 1 aliphatic carbocycles. The predicted octanol–water partition coefficient (Wildman–Crippen LogP) is 3.17. The number of hydrogen-bond donors (Lipinski definition) is 2. The summed E-state index contributed by atoms with van der Waals surface area (Å²) in [7, 11) is 0. The van der Waals surface area contributed by atoms with Crippen LogP contribution in [-0.2, 0) is 4.79 Å². The summed E-state index contributed by atoms with van der Waals surface area (Å²) in [6, 6.07) is 6.07. The van der Waals surface area contributed by atoms with Gasteiger partial charge < -0.3 is 10.6 Å². The van der Waals surface area contributed by atoms with E-state index >= 15 is 0 Å². The smallest absolute Gasteiger partial charge is 0.227 e. The number of benzene rings is 1. The second-order valence-corrected chi connectivity index (χ2v) is 4.70. The molecule has 92 valence electrons. The zero-order valence-corrected chi connectivity index (χ0v) is 10.5. The Kier molecular flexibility index (Phi) is 3.67. The molecule has 1 saturated carbocycles. The van der Waals surface area contributed by atoms with Crippen molar-refractivity contribution in [2.24, 2.45) is 5.92 Å². The topological polar surface area (TPSA) is 41.1 Å². The third-order valence-electron chi connectivity index (χ3n) is 3.28. The summed E-state index contributed by atoms with van der Waals surface area (Å²) < 4.78 is 0. The van der Waals surface area contributed by atoms with Gasteiger partial charge in [0.25, 0.3) is 0 Å². The molecule has 2 N–H and O–H groups in total. The Bertz CT molecular complexity index is 411. The van der Waals surface area contributed by atoms with Crippen LogP contribution in [0, 0.1) is 12.8 Å². The maximum atomic E-state index is 11.9. The van der Waals surface area contributed by atoms with Crippen LogP contribution in [0.25, 0.3) is 0 Å². The summed E-state index contributed by atoms with van der Waals surface area (Å²) >= 11 is 0. The van der Waals surface area contributed by atoms with Gasteiger partial charge in [0, 0.05) is 12.5 Å². The van der Waals surface area contributed by atoms with Gasteiger partial charge in [0.15, 0.2) is 0 Å². The highest BCUT2D eigenvalue weighted by Crippen LogP contribution is 2.29. The van der Waals surface area contributed by atoms with Crippen molar-refractivity contribution in [2.45, 2.75) is 33.1 Å². The van der Waals surface area contributed by atoms with E-state index < -0.39 is 0 Å². The standard InChI is InChI=1S/C14H20N2O/c1-3-15-13-9-10(2)7-8-12(13)16-14(17)11-5-4-6-11/h7-9,11,15H,3-6H2,1-2H3,(H,16,17). The van der Waals surface area contributed by atoms with Crippen LogP contribution >= 0.6 is 0 Å². The quantitative estimate of drug-likeness (QED) is 0.837. The summed E-state index contributed by atoms with van der Waals surface area (Å²) in [5.74, 6) is 0.394. The van der Waals surface area contributed by atoms with Crippen LogP contribution < -0.4 is 10.6 Å². The first-order chi connectivity index (χ1) is 8.20. The minimum absolute atomic E-state index is 0.166. The van der Waals surface area contributed by atoms with Gasteiger partial charge in [-0.1, -0.05) is 12.5 Å². The molecule has 1 aliphatic rings. The largest absolute Gasteiger partial charge is 0.384 e. The number of rotatable bonds is 4. The molecule has 3 heteroatoms. The normalized spacial score (nSPS) is 15.2. The van der Waals surface area contributed by atoms with Crippen molar-refractivity contribution >= 4 is 17.3 Å². The van der Waals surface area contributed by atoms with E-state index in [9.17, 15) is 4.79 Å². The minimum atomic E-state index is 0.166. The highest BCUT2D eigenvalue weighted by Gasteiger charge is 2.25. The van der Waals surface area contributed by atoms with E-state index in [1.807, 2.05) is 12.1 Å². The highest BCUT2D eigenvalue weighted by molar-refractivity contribution is 5.96. The summed E-state index contributed by atoms with van der Waals surface area (Å²) in [5.41, 5.74) is 3.11. The van der Waals surface area contributed by atoms with Crippen molar-refractivity contribution in [3.63, 3.8) is 0 Å². The molecular weight excluding hydrogens is 212 g/mol. The molecule has 1 fully saturated rings. The Morgan fingerprint density at radius 3 is 2.71 bits per heavy atom. The first-order valence-corrected chi connectivity index (χ1v) is 6.36.